The van der Waals surface area contributed by atoms with Crippen molar-refractivity contribution in [2.75, 3.05) is 17.6 Å². The largest absolute Gasteiger partial charge is 0.352 e. The Bertz CT molecular complexity index is 1010. The van der Waals surface area contributed by atoms with Crippen LogP contribution >= 0.6 is 27.7 Å². The van der Waals surface area contributed by atoms with Crippen LogP contribution in [0.2, 0.25) is 0 Å². The molecule has 0 spiro atoms. The third-order valence-electron chi connectivity index (χ3n) is 4.05. The monoisotopic (exact) mass is 473 g/mol. The standard InChI is InChI=1S/C20H20BrN5O2S/c1-26-13-23-25-20(26)29-12-18(27)24-16-7-4-6-15(11-16)19(28)22-10-9-14-5-2-3-8-17(14)21/h2-8,11,13H,9-10,12H2,1H3,(H,22,28)(H,24,27). The molecule has 7 nitrogen and oxygen atoms in total. The first-order valence-electron chi connectivity index (χ1n) is 8.91. The minimum absolute atomic E-state index is 0.176. The molecular weight excluding hydrogens is 454 g/mol. The molecule has 9 heteroatoms. The minimum Gasteiger partial charge on any atom is -0.352 e. The third-order valence-corrected chi connectivity index (χ3v) is 5.86. The molecule has 0 radical (unpaired) electrons. The number of anilines is 1. The number of aromatic nitrogens is 3. The zero-order valence-electron chi connectivity index (χ0n) is 15.8. The van der Waals surface area contributed by atoms with Gasteiger partial charge in [-0.25, -0.2) is 0 Å². The van der Waals surface area contributed by atoms with Crippen LogP contribution in [0.5, 0.6) is 0 Å². The maximum atomic E-state index is 12.4. The van der Waals surface area contributed by atoms with Crippen molar-refractivity contribution < 1.29 is 9.59 Å². The van der Waals surface area contributed by atoms with Gasteiger partial charge in [-0.15, -0.1) is 10.2 Å². The predicted molar refractivity (Wildman–Crippen MR) is 117 cm³/mol. The summed E-state index contributed by atoms with van der Waals surface area (Å²) < 4.78 is 2.77. The number of rotatable bonds is 8. The second-order valence-corrected chi connectivity index (χ2v) is 8.04. The molecular formula is C20H20BrN5O2S. The van der Waals surface area contributed by atoms with Gasteiger partial charge in [0, 0.05) is 29.3 Å². The molecule has 2 amide bonds. The van der Waals surface area contributed by atoms with Crippen molar-refractivity contribution in [1.29, 1.82) is 0 Å². The zero-order chi connectivity index (χ0) is 20.6. The maximum absolute atomic E-state index is 12.4. The second-order valence-electron chi connectivity index (χ2n) is 6.24. The number of amides is 2. The summed E-state index contributed by atoms with van der Waals surface area (Å²) in [4.78, 5) is 24.6. The van der Waals surface area contributed by atoms with Gasteiger partial charge in [-0.3, -0.25) is 9.59 Å². The first-order valence-corrected chi connectivity index (χ1v) is 10.7. The summed E-state index contributed by atoms with van der Waals surface area (Å²) in [6.07, 6.45) is 2.31. The van der Waals surface area contributed by atoms with E-state index in [0.29, 0.717) is 23.0 Å². The molecule has 1 aromatic heterocycles. The SMILES string of the molecule is Cn1cnnc1SCC(=O)Nc1cccc(C(=O)NCCc2ccccc2Br)c1. The lowest BCUT2D eigenvalue weighted by atomic mass is 10.1. The first kappa shape index (κ1) is 21.1. The molecule has 0 aliphatic rings. The molecule has 3 aromatic rings. The number of nitrogens with one attached hydrogen (secondary N) is 2. The lowest BCUT2D eigenvalue weighted by Crippen LogP contribution is -2.26. The maximum Gasteiger partial charge on any atom is 0.251 e. The Morgan fingerprint density at radius 2 is 2.00 bits per heavy atom. The van der Waals surface area contributed by atoms with E-state index in [1.165, 1.54) is 11.8 Å². The van der Waals surface area contributed by atoms with Gasteiger partial charge in [0.1, 0.15) is 6.33 Å². The highest BCUT2D eigenvalue weighted by Gasteiger charge is 2.10. The van der Waals surface area contributed by atoms with E-state index in [0.717, 1.165) is 16.5 Å². The molecule has 29 heavy (non-hydrogen) atoms. The number of benzene rings is 2. The Hall–Kier alpha value is -2.65. The predicted octanol–water partition coefficient (Wildman–Crippen LogP) is 3.28. The number of hydrogen-bond acceptors (Lipinski definition) is 5. The molecule has 0 bridgehead atoms. The molecule has 0 saturated heterocycles. The van der Waals surface area contributed by atoms with Gasteiger partial charge in [0.05, 0.1) is 5.75 Å². The first-order chi connectivity index (χ1) is 14.0. The number of thioether (sulfide) groups is 1. The molecule has 2 aromatic carbocycles. The number of carbonyl (C=O) groups is 2. The van der Waals surface area contributed by atoms with Crippen LogP contribution in [-0.4, -0.2) is 38.9 Å². The minimum atomic E-state index is -0.179. The van der Waals surface area contributed by atoms with Gasteiger partial charge in [-0.05, 0) is 36.2 Å². The van der Waals surface area contributed by atoms with Crippen LogP contribution in [0.25, 0.3) is 0 Å². The van der Waals surface area contributed by atoms with Crippen LogP contribution in [0.1, 0.15) is 15.9 Å². The average molecular weight is 474 g/mol. The summed E-state index contributed by atoms with van der Waals surface area (Å²) in [5, 5.41) is 14.1. The summed E-state index contributed by atoms with van der Waals surface area (Å²) in [5.74, 6) is -0.152. The fraction of sp³-hybridized carbons (Fsp3) is 0.200. The molecule has 0 aliphatic heterocycles. The quantitative estimate of drug-likeness (QED) is 0.490. The van der Waals surface area contributed by atoms with Gasteiger partial charge in [0.2, 0.25) is 5.91 Å². The van der Waals surface area contributed by atoms with E-state index in [4.69, 9.17) is 0 Å². The van der Waals surface area contributed by atoms with Crippen molar-refractivity contribution in [1.82, 2.24) is 20.1 Å². The fourth-order valence-electron chi connectivity index (χ4n) is 2.58. The Balaban J connectivity index is 1.50. The van der Waals surface area contributed by atoms with Crippen LogP contribution in [0.15, 0.2) is 64.5 Å². The molecule has 0 aliphatic carbocycles. The van der Waals surface area contributed by atoms with Crippen LogP contribution in [0, 0.1) is 0 Å². The van der Waals surface area contributed by atoms with E-state index in [1.807, 2.05) is 31.3 Å². The fourth-order valence-corrected chi connectivity index (χ4v) is 3.75. The lowest BCUT2D eigenvalue weighted by Gasteiger charge is -2.09. The van der Waals surface area contributed by atoms with Crippen molar-refractivity contribution in [3.63, 3.8) is 0 Å². The van der Waals surface area contributed by atoms with Gasteiger partial charge in [0.15, 0.2) is 5.16 Å². The van der Waals surface area contributed by atoms with E-state index >= 15 is 0 Å². The highest BCUT2D eigenvalue weighted by Crippen LogP contribution is 2.17. The summed E-state index contributed by atoms with van der Waals surface area (Å²) in [7, 11) is 1.82. The van der Waals surface area contributed by atoms with Crippen molar-refractivity contribution >= 4 is 45.2 Å². The van der Waals surface area contributed by atoms with E-state index in [2.05, 4.69) is 36.8 Å². The summed E-state index contributed by atoms with van der Waals surface area (Å²) in [6, 6.07) is 14.8. The Morgan fingerprint density at radius 3 is 2.76 bits per heavy atom. The van der Waals surface area contributed by atoms with E-state index in [-0.39, 0.29) is 17.6 Å². The zero-order valence-corrected chi connectivity index (χ0v) is 18.2. The second kappa shape index (κ2) is 10.2. The molecule has 0 saturated carbocycles. The van der Waals surface area contributed by atoms with Crippen molar-refractivity contribution in [3.8, 4) is 0 Å². The molecule has 3 rings (SSSR count). The number of hydrogen-bond donors (Lipinski definition) is 2. The summed E-state index contributed by atoms with van der Waals surface area (Å²) >= 11 is 4.80. The van der Waals surface area contributed by atoms with Crippen LogP contribution in [-0.2, 0) is 18.3 Å². The van der Waals surface area contributed by atoms with Crippen molar-refractivity contribution in [3.05, 3.63) is 70.5 Å². The molecule has 0 atom stereocenters. The van der Waals surface area contributed by atoms with Gasteiger partial charge in [0.25, 0.3) is 5.91 Å². The smallest absolute Gasteiger partial charge is 0.251 e. The number of nitrogens with zero attached hydrogens (tertiary/aromatic N) is 3. The molecule has 0 unspecified atom stereocenters. The van der Waals surface area contributed by atoms with Crippen LogP contribution in [0.4, 0.5) is 5.69 Å². The Kier molecular flexibility index (Phi) is 7.42. The van der Waals surface area contributed by atoms with Gasteiger partial charge >= 0.3 is 0 Å². The van der Waals surface area contributed by atoms with Crippen LogP contribution in [0.3, 0.4) is 0 Å². The highest BCUT2D eigenvalue weighted by atomic mass is 79.9. The van der Waals surface area contributed by atoms with E-state index in [9.17, 15) is 9.59 Å². The number of carbonyl (C=O) groups excluding carboxylic acids is 2. The van der Waals surface area contributed by atoms with Gasteiger partial charge in [-0.1, -0.05) is 52.0 Å². The third kappa shape index (κ3) is 6.16. The molecule has 2 N–H and O–H groups in total. The molecule has 150 valence electrons. The van der Waals surface area contributed by atoms with Crippen molar-refractivity contribution in [2.45, 2.75) is 11.6 Å². The van der Waals surface area contributed by atoms with Gasteiger partial charge < -0.3 is 15.2 Å². The van der Waals surface area contributed by atoms with Crippen LogP contribution < -0.4 is 10.6 Å². The number of aryl methyl sites for hydroxylation is 1. The van der Waals surface area contributed by atoms with E-state index in [1.54, 1.807) is 35.2 Å². The van der Waals surface area contributed by atoms with Crippen molar-refractivity contribution in [2.24, 2.45) is 7.05 Å². The topological polar surface area (TPSA) is 88.9 Å². The Labute approximate surface area is 181 Å². The summed E-state index contributed by atoms with van der Waals surface area (Å²) in [6.45, 7) is 0.520. The highest BCUT2D eigenvalue weighted by molar-refractivity contribution is 9.10. The normalized spacial score (nSPS) is 10.6. The molecule has 0 fully saturated rings. The van der Waals surface area contributed by atoms with E-state index < -0.39 is 0 Å². The Morgan fingerprint density at radius 1 is 1.17 bits per heavy atom. The lowest BCUT2D eigenvalue weighted by molar-refractivity contribution is -0.113. The molecule has 1 heterocycles. The average Bonchev–Trinajstić information content (AvgIpc) is 3.13. The number of halogens is 1. The van der Waals surface area contributed by atoms with Gasteiger partial charge in [-0.2, -0.15) is 0 Å². The summed E-state index contributed by atoms with van der Waals surface area (Å²) in [5.41, 5.74) is 2.21.